The van der Waals surface area contributed by atoms with Gasteiger partial charge in [-0.3, -0.25) is 9.63 Å². The summed E-state index contributed by atoms with van der Waals surface area (Å²) in [7, 11) is 1.24. The van der Waals surface area contributed by atoms with Crippen LogP contribution in [0.2, 0.25) is 5.02 Å². The number of aliphatic hydroxyl groups is 1. The van der Waals surface area contributed by atoms with Gasteiger partial charge in [-0.05, 0) is 24.3 Å². The monoisotopic (exact) mass is 476 g/mol. The van der Waals surface area contributed by atoms with Crippen LogP contribution in [0.5, 0.6) is 23.3 Å². The summed E-state index contributed by atoms with van der Waals surface area (Å²) in [6.45, 7) is -0.438. The molecule has 0 saturated carbocycles. The summed E-state index contributed by atoms with van der Waals surface area (Å²) in [5.74, 6) is -2.43. The van der Waals surface area contributed by atoms with Crippen molar-refractivity contribution in [3.63, 3.8) is 0 Å². The number of amides is 1. The molecule has 0 aliphatic rings. The first-order valence-corrected chi connectivity index (χ1v) is 9.77. The first-order valence-electron chi connectivity index (χ1n) is 9.39. The summed E-state index contributed by atoms with van der Waals surface area (Å²) < 4.78 is 26.1. The van der Waals surface area contributed by atoms with Crippen LogP contribution >= 0.6 is 11.6 Å². The van der Waals surface area contributed by atoms with E-state index in [1.807, 2.05) is 0 Å². The van der Waals surface area contributed by atoms with Gasteiger partial charge in [0.1, 0.15) is 24.9 Å². The third-order valence-electron chi connectivity index (χ3n) is 3.87. The molecule has 33 heavy (non-hydrogen) atoms. The van der Waals surface area contributed by atoms with Crippen molar-refractivity contribution in [2.75, 3.05) is 20.3 Å². The molecule has 3 rings (SSSR count). The molecule has 0 saturated heterocycles. The summed E-state index contributed by atoms with van der Waals surface area (Å²) in [6.07, 6.45) is 1.05. The van der Waals surface area contributed by atoms with Crippen LogP contribution in [-0.4, -0.2) is 47.0 Å². The molecule has 1 heterocycles. The van der Waals surface area contributed by atoms with E-state index in [1.165, 1.54) is 19.2 Å². The Bertz CT molecular complexity index is 1150. The van der Waals surface area contributed by atoms with Gasteiger partial charge in [0.25, 0.3) is 17.7 Å². The van der Waals surface area contributed by atoms with Gasteiger partial charge in [-0.2, -0.15) is 14.4 Å². The SMILES string of the molecule is CO/N=C(/C(=O)NOCCO)c1ccccc1Oc1ncnc(Oc2ccccc2Cl)c1F. The maximum Gasteiger partial charge on any atom is 0.297 e. The predicted molar refractivity (Wildman–Crippen MR) is 115 cm³/mol. The number of nitrogens with one attached hydrogen (secondary N) is 1. The summed E-state index contributed by atoms with van der Waals surface area (Å²) >= 11 is 6.05. The lowest BCUT2D eigenvalue weighted by Crippen LogP contribution is -2.33. The van der Waals surface area contributed by atoms with Crippen molar-refractivity contribution in [3.05, 3.63) is 71.3 Å². The molecule has 2 N–H and O–H groups in total. The minimum atomic E-state index is -0.992. The molecular formula is C21H18ClFN4O6. The Morgan fingerprint density at radius 1 is 1.09 bits per heavy atom. The molecule has 12 heteroatoms. The third kappa shape index (κ3) is 6.13. The lowest BCUT2D eigenvalue weighted by Gasteiger charge is -2.13. The number of carbonyl (C=O) groups is 1. The van der Waals surface area contributed by atoms with E-state index in [4.69, 9.17) is 35.9 Å². The first kappa shape index (κ1) is 23.9. The average molecular weight is 477 g/mol. The molecule has 1 aromatic heterocycles. The molecule has 0 spiro atoms. The van der Waals surface area contributed by atoms with Crippen molar-refractivity contribution in [2.24, 2.45) is 5.16 Å². The van der Waals surface area contributed by atoms with E-state index in [0.717, 1.165) is 6.33 Å². The minimum absolute atomic E-state index is 0.0342. The number of benzene rings is 2. The zero-order valence-corrected chi connectivity index (χ0v) is 18.0. The molecular weight excluding hydrogens is 459 g/mol. The smallest absolute Gasteiger partial charge is 0.297 e. The van der Waals surface area contributed by atoms with E-state index in [2.05, 4.69) is 20.6 Å². The number of rotatable bonds is 10. The van der Waals surface area contributed by atoms with Crippen molar-refractivity contribution in [1.82, 2.24) is 15.4 Å². The number of halogens is 2. The molecule has 0 aliphatic heterocycles. The molecule has 10 nitrogen and oxygen atoms in total. The number of hydroxylamine groups is 1. The third-order valence-corrected chi connectivity index (χ3v) is 4.19. The topological polar surface area (TPSA) is 124 Å². The maximum atomic E-state index is 15.0. The van der Waals surface area contributed by atoms with Crippen molar-refractivity contribution in [3.8, 4) is 23.3 Å². The molecule has 0 atom stereocenters. The Morgan fingerprint density at radius 2 is 1.73 bits per heavy atom. The number of hydrogen-bond acceptors (Lipinski definition) is 9. The Kier molecular flexibility index (Phi) is 8.47. The van der Waals surface area contributed by atoms with Gasteiger partial charge in [0.2, 0.25) is 5.82 Å². The van der Waals surface area contributed by atoms with Gasteiger partial charge < -0.3 is 19.4 Å². The van der Waals surface area contributed by atoms with Crippen LogP contribution in [0.1, 0.15) is 5.56 Å². The van der Waals surface area contributed by atoms with Crippen LogP contribution in [0.3, 0.4) is 0 Å². The van der Waals surface area contributed by atoms with Crippen molar-refractivity contribution in [1.29, 1.82) is 0 Å². The van der Waals surface area contributed by atoms with Gasteiger partial charge in [-0.15, -0.1) is 0 Å². The van der Waals surface area contributed by atoms with Gasteiger partial charge in [0, 0.05) is 0 Å². The highest BCUT2D eigenvalue weighted by Crippen LogP contribution is 2.33. The minimum Gasteiger partial charge on any atom is -0.436 e. The van der Waals surface area contributed by atoms with Crippen LogP contribution in [0.25, 0.3) is 0 Å². The molecule has 0 fully saturated rings. The molecule has 0 radical (unpaired) electrons. The van der Waals surface area contributed by atoms with Crippen molar-refractivity contribution in [2.45, 2.75) is 0 Å². The van der Waals surface area contributed by atoms with E-state index in [9.17, 15) is 4.79 Å². The maximum absolute atomic E-state index is 15.0. The zero-order valence-electron chi connectivity index (χ0n) is 17.2. The van der Waals surface area contributed by atoms with E-state index >= 15 is 4.39 Å². The van der Waals surface area contributed by atoms with Gasteiger partial charge in [-0.1, -0.05) is 41.0 Å². The van der Waals surface area contributed by atoms with Crippen LogP contribution in [-0.2, 0) is 14.5 Å². The highest BCUT2D eigenvalue weighted by Gasteiger charge is 2.22. The number of aromatic nitrogens is 2. The largest absolute Gasteiger partial charge is 0.436 e. The van der Waals surface area contributed by atoms with Crippen LogP contribution < -0.4 is 15.0 Å². The van der Waals surface area contributed by atoms with Gasteiger partial charge in [0.05, 0.1) is 23.8 Å². The number of oxime groups is 1. The fourth-order valence-corrected chi connectivity index (χ4v) is 2.66. The Labute approximate surface area is 192 Å². The zero-order chi connectivity index (χ0) is 23.6. The molecule has 1 amide bonds. The summed E-state index contributed by atoms with van der Waals surface area (Å²) in [5, 5.41) is 12.7. The molecule has 2 aromatic carbocycles. The second-order valence-corrected chi connectivity index (χ2v) is 6.46. The number of carbonyl (C=O) groups excluding carboxylic acids is 1. The van der Waals surface area contributed by atoms with Gasteiger partial charge in [0.15, 0.2) is 5.71 Å². The van der Waals surface area contributed by atoms with Crippen molar-refractivity contribution >= 4 is 23.2 Å². The summed E-state index contributed by atoms with van der Waals surface area (Å²) in [5.41, 5.74) is 2.03. The normalized spacial score (nSPS) is 11.1. The second-order valence-electron chi connectivity index (χ2n) is 6.05. The van der Waals surface area contributed by atoms with E-state index in [0.29, 0.717) is 0 Å². The molecule has 172 valence electrons. The molecule has 0 aliphatic carbocycles. The fourth-order valence-electron chi connectivity index (χ4n) is 2.48. The van der Waals surface area contributed by atoms with Crippen LogP contribution in [0.15, 0.2) is 60.0 Å². The van der Waals surface area contributed by atoms with E-state index in [-0.39, 0.29) is 41.0 Å². The Morgan fingerprint density at radius 3 is 2.39 bits per heavy atom. The molecule has 0 bridgehead atoms. The Hall–Kier alpha value is -3.80. The van der Waals surface area contributed by atoms with Crippen LogP contribution in [0, 0.1) is 5.82 Å². The van der Waals surface area contributed by atoms with E-state index < -0.39 is 23.5 Å². The highest BCUT2D eigenvalue weighted by molar-refractivity contribution is 6.45. The Balaban J connectivity index is 1.90. The second kappa shape index (κ2) is 11.7. The standard InChI is InChI=1S/C21H18ClFN4O6/c1-30-26-18(19(29)27-31-11-10-28)13-6-2-4-8-15(13)32-20-17(23)21(25-12-24-20)33-16-9-5-3-7-14(16)22/h2-9,12,28H,10-11H2,1H3,(H,27,29)/b26-18+. The predicted octanol–water partition coefficient (Wildman–Crippen LogP) is 3.24. The number of ether oxygens (including phenoxy) is 2. The fraction of sp³-hybridized carbons (Fsp3) is 0.143. The van der Waals surface area contributed by atoms with E-state index in [1.54, 1.807) is 36.4 Å². The first-order chi connectivity index (χ1) is 16.0. The van der Waals surface area contributed by atoms with Gasteiger partial charge >= 0.3 is 0 Å². The summed E-state index contributed by atoms with van der Waals surface area (Å²) in [4.78, 5) is 29.6. The van der Waals surface area contributed by atoms with Crippen molar-refractivity contribution < 1.29 is 33.4 Å². The summed E-state index contributed by atoms with van der Waals surface area (Å²) in [6, 6.07) is 12.7. The number of aliphatic hydroxyl groups excluding tert-OH is 1. The average Bonchev–Trinajstić information content (AvgIpc) is 2.82. The lowest BCUT2D eigenvalue weighted by atomic mass is 10.1. The highest BCUT2D eigenvalue weighted by atomic mass is 35.5. The molecule has 0 unspecified atom stereocenters. The molecule has 3 aromatic rings. The van der Waals surface area contributed by atoms with Crippen LogP contribution in [0.4, 0.5) is 4.39 Å². The quantitative estimate of drug-likeness (QED) is 0.259. The lowest BCUT2D eigenvalue weighted by molar-refractivity contribution is -0.127. The number of para-hydroxylation sites is 2. The number of hydrogen-bond donors (Lipinski definition) is 2. The number of nitrogens with zero attached hydrogens (tertiary/aromatic N) is 3. The van der Waals surface area contributed by atoms with Gasteiger partial charge in [-0.25, -0.2) is 5.48 Å².